The maximum Gasteiger partial charge on any atom is 0.255 e. The number of benzene rings is 1. The van der Waals surface area contributed by atoms with E-state index in [1.807, 2.05) is 32.9 Å². The van der Waals surface area contributed by atoms with Gasteiger partial charge in [-0.05, 0) is 51.6 Å². The van der Waals surface area contributed by atoms with Crippen molar-refractivity contribution in [3.63, 3.8) is 0 Å². The maximum atomic E-state index is 12.9. The van der Waals surface area contributed by atoms with E-state index in [4.69, 9.17) is 14.2 Å². The third-order valence-corrected chi connectivity index (χ3v) is 5.32. The minimum atomic E-state index is -0.263. The molecule has 174 valence electrons. The fraction of sp³-hybridized carbons (Fsp3) is 0.500. The number of amides is 1. The van der Waals surface area contributed by atoms with Gasteiger partial charge in [-0.1, -0.05) is 6.92 Å². The minimum absolute atomic E-state index is 0.263. The van der Waals surface area contributed by atoms with Crippen LogP contribution < -0.4 is 24.4 Å². The SMILES string of the molecule is CCOc1cc(C(=O)Nc2ccc(N3CCN(CC)CC3)nc2)cc(OCC)c1OCC. The zero-order valence-electron chi connectivity index (χ0n) is 19.5. The molecule has 1 N–H and O–H groups in total. The molecule has 2 aromatic rings. The summed E-state index contributed by atoms with van der Waals surface area (Å²) in [6.45, 7) is 14.3. The van der Waals surface area contributed by atoms with Crippen molar-refractivity contribution in [1.82, 2.24) is 9.88 Å². The van der Waals surface area contributed by atoms with Crippen molar-refractivity contribution in [1.29, 1.82) is 0 Å². The number of aromatic nitrogens is 1. The molecule has 0 radical (unpaired) electrons. The van der Waals surface area contributed by atoms with Gasteiger partial charge in [-0.3, -0.25) is 4.79 Å². The molecular weight excluding hydrogens is 408 g/mol. The second-order valence-corrected chi connectivity index (χ2v) is 7.38. The van der Waals surface area contributed by atoms with E-state index >= 15 is 0 Å². The summed E-state index contributed by atoms with van der Waals surface area (Å²) in [4.78, 5) is 22.2. The molecule has 1 saturated heterocycles. The van der Waals surface area contributed by atoms with Crippen LogP contribution in [0.15, 0.2) is 30.5 Å². The Hall–Kier alpha value is -3.00. The van der Waals surface area contributed by atoms with Crippen molar-refractivity contribution < 1.29 is 19.0 Å². The van der Waals surface area contributed by atoms with Crippen LogP contribution in [-0.4, -0.2) is 68.3 Å². The van der Waals surface area contributed by atoms with E-state index in [1.54, 1.807) is 18.3 Å². The lowest BCUT2D eigenvalue weighted by Crippen LogP contribution is -2.46. The summed E-state index contributed by atoms with van der Waals surface area (Å²) in [6.07, 6.45) is 1.70. The molecule has 2 heterocycles. The highest BCUT2D eigenvalue weighted by atomic mass is 16.5. The molecule has 8 nitrogen and oxygen atoms in total. The van der Waals surface area contributed by atoms with Crippen molar-refractivity contribution >= 4 is 17.4 Å². The quantitative estimate of drug-likeness (QED) is 0.602. The molecule has 8 heteroatoms. The van der Waals surface area contributed by atoms with Crippen LogP contribution in [0.4, 0.5) is 11.5 Å². The normalized spacial score (nSPS) is 14.2. The van der Waals surface area contributed by atoms with Crippen LogP contribution in [0.1, 0.15) is 38.1 Å². The molecule has 0 unspecified atom stereocenters. The Morgan fingerprint density at radius 1 is 0.938 bits per heavy atom. The molecule has 1 amide bonds. The van der Waals surface area contributed by atoms with E-state index < -0.39 is 0 Å². The molecule has 1 aromatic carbocycles. The van der Waals surface area contributed by atoms with Gasteiger partial charge >= 0.3 is 0 Å². The first-order valence-corrected chi connectivity index (χ1v) is 11.4. The van der Waals surface area contributed by atoms with Crippen LogP contribution in [0.5, 0.6) is 17.2 Å². The van der Waals surface area contributed by atoms with Crippen LogP contribution in [0.25, 0.3) is 0 Å². The summed E-state index contributed by atoms with van der Waals surface area (Å²) in [5.74, 6) is 2.16. The molecule has 0 atom stereocenters. The van der Waals surface area contributed by atoms with E-state index in [2.05, 4.69) is 27.0 Å². The van der Waals surface area contributed by atoms with E-state index in [9.17, 15) is 4.79 Å². The second kappa shape index (κ2) is 11.6. The highest BCUT2D eigenvalue weighted by Gasteiger charge is 2.19. The molecule has 1 aromatic heterocycles. The monoisotopic (exact) mass is 442 g/mol. The van der Waals surface area contributed by atoms with Crippen molar-refractivity contribution in [3.8, 4) is 17.2 Å². The van der Waals surface area contributed by atoms with Crippen LogP contribution in [0.3, 0.4) is 0 Å². The van der Waals surface area contributed by atoms with Gasteiger partial charge in [0.1, 0.15) is 5.82 Å². The van der Waals surface area contributed by atoms with Crippen molar-refractivity contribution in [2.75, 3.05) is 62.8 Å². The Morgan fingerprint density at radius 2 is 1.56 bits per heavy atom. The first kappa shape index (κ1) is 23.7. The average Bonchev–Trinajstić information content (AvgIpc) is 2.82. The van der Waals surface area contributed by atoms with Gasteiger partial charge in [0.15, 0.2) is 11.5 Å². The number of ether oxygens (including phenoxy) is 3. The molecule has 1 aliphatic heterocycles. The van der Waals surface area contributed by atoms with E-state index in [0.29, 0.717) is 48.3 Å². The second-order valence-electron chi connectivity index (χ2n) is 7.38. The standard InChI is InChI=1S/C24H34N4O4/c1-5-27-11-13-28(14-12-27)22-10-9-19(17-25-22)26-24(29)18-15-20(30-6-2)23(32-8-4)21(16-18)31-7-3/h9-10,15-17H,5-8,11-14H2,1-4H3,(H,26,29). The average molecular weight is 443 g/mol. The number of hydrogen-bond donors (Lipinski definition) is 1. The van der Waals surface area contributed by atoms with Gasteiger partial charge in [-0.2, -0.15) is 0 Å². The minimum Gasteiger partial charge on any atom is -0.490 e. The van der Waals surface area contributed by atoms with Gasteiger partial charge in [0.25, 0.3) is 5.91 Å². The Balaban J connectivity index is 1.73. The molecule has 32 heavy (non-hydrogen) atoms. The van der Waals surface area contributed by atoms with Crippen LogP contribution >= 0.6 is 0 Å². The number of pyridine rings is 1. The number of nitrogens with one attached hydrogen (secondary N) is 1. The fourth-order valence-corrected chi connectivity index (χ4v) is 3.66. The van der Waals surface area contributed by atoms with E-state index in [-0.39, 0.29) is 5.91 Å². The summed E-state index contributed by atoms with van der Waals surface area (Å²) < 4.78 is 17.1. The number of nitrogens with zero attached hydrogens (tertiary/aromatic N) is 3. The molecule has 0 aliphatic carbocycles. The smallest absolute Gasteiger partial charge is 0.255 e. The summed E-state index contributed by atoms with van der Waals surface area (Å²) in [5, 5.41) is 2.91. The van der Waals surface area contributed by atoms with Gasteiger partial charge in [-0.25, -0.2) is 4.98 Å². The Labute approximate surface area is 190 Å². The van der Waals surface area contributed by atoms with Gasteiger partial charge < -0.3 is 29.3 Å². The van der Waals surface area contributed by atoms with Crippen molar-refractivity contribution in [2.45, 2.75) is 27.7 Å². The molecular formula is C24H34N4O4. The van der Waals surface area contributed by atoms with Crippen LogP contribution in [0, 0.1) is 0 Å². The number of rotatable bonds is 10. The summed E-state index contributed by atoms with van der Waals surface area (Å²) in [7, 11) is 0. The molecule has 0 bridgehead atoms. The van der Waals surface area contributed by atoms with Crippen molar-refractivity contribution in [3.05, 3.63) is 36.0 Å². The number of likely N-dealkylation sites (N-methyl/N-ethyl adjacent to an activating group) is 1. The lowest BCUT2D eigenvalue weighted by Gasteiger charge is -2.34. The highest BCUT2D eigenvalue weighted by Crippen LogP contribution is 2.39. The lowest BCUT2D eigenvalue weighted by atomic mass is 10.1. The zero-order chi connectivity index (χ0) is 22.9. The molecule has 1 aliphatic rings. The van der Waals surface area contributed by atoms with Gasteiger partial charge in [0, 0.05) is 31.7 Å². The molecule has 3 rings (SSSR count). The topological polar surface area (TPSA) is 76.2 Å². The molecule has 0 saturated carbocycles. The highest BCUT2D eigenvalue weighted by molar-refractivity contribution is 6.05. The summed E-state index contributed by atoms with van der Waals surface area (Å²) in [6, 6.07) is 7.20. The van der Waals surface area contributed by atoms with Crippen LogP contribution in [0.2, 0.25) is 0 Å². The van der Waals surface area contributed by atoms with Gasteiger partial charge in [-0.15, -0.1) is 0 Å². The molecule has 0 spiro atoms. The predicted molar refractivity (Wildman–Crippen MR) is 126 cm³/mol. The third kappa shape index (κ3) is 5.82. The van der Waals surface area contributed by atoms with Gasteiger partial charge in [0.05, 0.1) is 31.7 Å². The largest absolute Gasteiger partial charge is 0.490 e. The number of anilines is 2. The Morgan fingerprint density at radius 3 is 2.06 bits per heavy atom. The number of carbonyl (C=O) groups is 1. The van der Waals surface area contributed by atoms with Gasteiger partial charge in [0.2, 0.25) is 5.75 Å². The molecule has 1 fully saturated rings. The zero-order valence-corrected chi connectivity index (χ0v) is 19.5. The number of hydrogen-bond acceptors (Lipinski definition) is 7. The van der Waals surface area contributed by atoms with E-state index in [1.165, 1.54) is 0 Å². The predicted octanol–water partition coefficient (Wildman–Crippen LogP) is 3.67. The number of piperazine rings is 1. The van der Waals surface area contributed by atoms with E-state index in [0.717, 1.165) is 38.5 Å². The Kier molecular flexibility index (Phi) is 8.56. The van der Waals surface area contributed by atoms with Crippen molar-refractivity contribution in [2.24, 2.45) is 0 Å². The number of carbonyl (C=O) groups excluding carboxylic acids is 1. The first-order valence-electron chi connectivity index (χ1n) is 11.4. The third-order valence-electron chi connectivity index (χ3n) is 5.32. The lowest BCUT2D eigenvalue weighted by molar-refractivity contribution is 0.102. The first-order chi connectivity index (χ1) is 15.6. The Bertz CT molecular complexity index is 853. The summed E-state index contributed by atoms with van der Waals surface area (Å²) >= 11 is 0. The maximum absolute atomic E-state index is 12.9. The summed E-state index contributed by atoms with van der Waals surface area (Å²) in [5.41, 5.74) is 1.07. The fourth-order valence-electron chi connectivity index (χ4n) is 3.66. The van der Waals surface area contributed by atoms with Crippen LogP contribution in [-0.2, 0) is 0 Å².